The van der Waals surface area contributed by atoms with Crippen molar-refractivity contribution in [2.24, 2.45) is 5.73 Å². The lowest BCUT2D eigenvalue weighted by Gasteiger charge is -2.26. The van der Waals surface area contributed by atoms with Gasteiger partial charge in [0.15, 0.2) is 5.16 Å². The maximum Gasteiger partial charge on any atom is 0.230 e. The summed E-state index contributed by atoms with van der Waals surface area (Å²) in [4.78, 5) is 13.7. The van der Waals surface area contributed by atoms with Gasteiger partial charge in [-0.05, 0) is 32.9 Å². The molecule has 1 aromatic heterocycles. The number of aromatic nitrogens is 3. The van der Waals surface area contributed by atoms with E-state index in [9.17, 15) is 4.79 Å². The topological polar surface area (TPSA) is 77.0 Å². The largest absolute Gasteiger partial charge is 0.369 e. The Morgan fingerprint density at radius 2 is 2.14 bits per heavy atom. The number of hydrogen-bond donors (Lipinski definition) is 1. The maximum absolute atomic E-state index is 11.2. The second kappa shape index (κ2) is 8.33. The molecule has 0 spiro atoms. The van der Waals surface area contributed by atoms with Gasteiger partial charge in [0.25, 0.3) is 0 Å². The fourth-order valence-corrected chi connectivity index (χ4v) is 3.39. The Hall–Kier alpha value is -1.34. The first-order valence-corrected chi connectivity index (χ1v) is 8.71. The maximum atomic E-state index is 11.2. The van der Waals surface area contributed by atoms with E-state index in [-0.39, 0.29) is 11.2 Å². The lowest BCUT2D eigenvalue weighted by molar-refractivity contribution is -0.117. The van der Waals surface area contributed by atoms with E-state index >= 15 is 0 Å². The molecule has 0 aliphatic carbocycles. The molecule has 0 radical (unpaired) electrons. The molecular formula is C15H25N5OS. The van der Waals surface area contributed by atoms with Crippen molar-refractivity contribution in [2.75, 3.05) is 19.6 Å². The highest BCUT2D eigenvalue weighted by molar-refractivity contribution is 8.00. The molecule has 7 heteroatoms. The Kier molecular flexibility index (Phi) is 6.45. The lowest BCUT2D eigenvalue weighted by Crippen LogP contribution is -2.32. The highest BCUT2D eigenvalue weighted by Gasteiger charge is 2.18. The fourth-order valence-electron chi connectivity index (χ4n) is 2.56. The number of amides is 1. The van der Waals surface area contributed by atoms with E-state index in [0.29, 0.717) is 6.54 Å². The predicted octanol–water partition coefficient (Wildman–Crippen LogP) is 1.46. The number of hydrogen-bond acceptors (Lipinski definition) is 5. The number of rotatable bonds is 8. The van der Waals surface area contributed by atoms with Crippen LogP contribution < -0.4 is 5.73 Å². The van der Waals surface area contributed by atoms with Gasteiger partial charge in [-0.3, -0.25) is 4.79 Å². The minimum atomic E-state index is -0.340. The number of carbonyl (C=O) groups is 1. The Morgan fingerprint density at radius 1 is 1.41 bits per heavy atom. The summed E-state index contributed by atoms with van der Waals surface area (Å²) in [5.41, 5.74) is 5.33. The molecule has 0 unspecified atom stereocenters. The first-order valence-electron chi connectivity index (χ1n) is 7.83. The van der Waals surface area contributed by atoms with Crippen LogP contribution >= 0.6 is 11.8 Å². The van der Waals surface area contributed by atoms with Crippen molar-refractivity contribution in [3.8, 4) is 0 Å². The Balaban J connectivity index is 2.01. The zero-order valence-corrected chi connectivity index (χ0v) is 14.0. The molecule has 2 N–H and O–H groups in total. The van der Waals surface area contributed by atoms with Crippen molar-refractivity contribution in [3.63, 3.8) is 0 Å². The third-order valence-corrected chi connectivity index (χ3v) is 4.99. The van der Waals surface area contributed by atoms with Gasteiger partial charge in [-0.15, -0.1) is 16.8 Å². The van der Waals surface area contributed by atoms with E-state index in [0.717, 1.165) is 23.9 Å². The van der Waals surface area contributed by atoms with Crippen LogP contribution in [-0.4, -0.2) is 50.5 Å². The summed E-state index contributed by atoms with van der Waals surface area (Å²) in [5.74, 6) is 0.609. The molecule has 1 saturated heterocycles. The van der Waals surface area contributed by atoms with E-state index in [1.807, 2.05) is 10.6 Å². The van der Waals surface area contributed by atoms with Crippen LogP contribution in [0.3, 0.4) is 0 Å². The van der Waals surface area contributed by atoms with Crippen molar-refractivity contribution in [3.05, 3.63) is 18.5 Å². The zero-order chi connectivity index (χ0) is 15.9. The number of primary amides is 1. The van der Waals surface area contributed by atoms with Crippen LogP contribution in [0.25, 0.3) is 0 Å². The SMILES string of the molecule is C=CCn1c(CCN2CCCCC2)nnc1S[C@@H](C)C(N)=O. The Labute approximate surface area is 136 Å². The molecule has 1 fully saturated rings. The number of piperidine rings is 1. The van der Waals surface area contributed by atoms with Gasteiger partial charge in [0, 0.05) is 19.5 Å². The van der Waals surface area contributed by atoms with E-state index in [2.05, 4.69) is 21.7 Å². The average molecular weight is 323 g/mol. The predicted molar refractivity (Wildman–Crippen MR) is 88.7 cm³/mol. The molecule has 0 aromatic carbocycles. The lowest BCUT2D eigenvalue weighted by atomic mass is 10.1. The highest BCUT2D eigenvalue weighted by atomic mass is 32.2. The van der Waals surface area contributed by atoms with Crippen molar-refractivity contribution in [1.82, 2.24) is 19.7 Å². The Morgan fingerprint density at radius 3 is 2.77 bits per heavy atom. The van der Waals surface area contributed by atoms with Gasteiger partial charge < -0.3 is 15.2 Å². The molecule has 1 atom stereocenters. The first kappa shape index (κ1) is 17.0. The van der Waals surface area contributed by atoms with Gasteiger partial charge in [0.05, 0.1) is 5.25 Å². The Bertz CT molecular complexity index is 510. The molecule has 2 heterocycles. The summed E-state index contributed by atoms with van der Waals surface area (Å²) < 4.78 is 2.03. The van der Waals surface area contributed by atoms with Crippen LogP contribution in [-0.2, 0) is 17.8 Å². The van der Waals surface area contributed by atoms with Crippen LogP contribution in [0.5, 0.6) is 0 Å². The van der Waals surface area contributed by atoms with Gasteiger partial charge in [-0.1, -0.05) is 24.3 Å². The second-order valence-electron chi connectivity index (χ2n) is 5.61. The minimum Gasteiger partial charge on any atom is -0.369 e. The molecule has 1 aliphatic heterocycles. The first-order chi connectivity index (χ1) is 10.6. The van der Waals surface area contributed by atoms with Gasteiger partial charge in [-0.2, -0.15) is 0 Å². The minimum absolute atomic E-state index is 0.317. The summed E-state index contributed by atoms with van der Waals surface area (Å²) in [5, 5.41) is 8.94. The number of nitrogens with zero attached hydrogens (tertiary/aromatic N) is 4. The molecule has 0 saturated carbocycles. The fraction of sp³-hybridized carbons (Fsp3) is 0.667. The van der Waals surface area contributed by atoms with Crippen molar-refractivity contribution >= 4 is 17.7 Å². The number of nitrogens with two attached hydrogens (primary N) is 1. The normalized spacial score (nSPS) is 17.3. The second-order valence-corrected chi connectivity index (χ2v) is 6.92. The quantitative estimate of drug-likeness (QED) is 0.579. The number of likely N-dealkylation sites (tertiary alicyclic amines) is 1. The van der Waals surface area contributed by atoms with Crippen LogP contribution in [0.4, 0.5) is 0 Å². The summed E-state index contributed by atoms with van der Waals surface area (Å²) in [7, 11) is 0. The van der Waals surface area contributed by atoms with Gasteiger partial charge in [0.1, 0.15) is 5.82 Å². The van der Waals surface area contributed by atoms with E-state index < -0.39 is 0 Å². The van der Waals surface area contributed by atoms with Gasteiger partial charge in [-0.25, -0.2) is 0 Å². The number of carbonyl (C=O) groups excluding carboxylic acids is 1. The molecule has 22 heavy (non-hydrogen) atoms. The van der Waals surface area contributed by atoms with Crippen molar-refractivity contribution < 1.29 is 4.79 Å². The molecule has 122 valence electrons. The van der Waals surface area contributed by atoms with Crippen LogP contribution in [0.15, 0.2) is 17.8 Å². The third-order valence-electron chi connectivity index (χ3n) is 3.89. The number of thioether (sulfide) groups is 1. The van der Waals surface area contributed by atoms with Gasteiger partial charge in [0.2, 0.25) is 5.91 Å². The van der Waals surface area contributed by atoms with Crippen molar-refractivity contribution in [1.29, 1.82) is 0 Å². The molecule has 1 aliphatic rings. The van der Waals surface area contributed by atoms with Crippen LogP contribution in [0.1, 0.15) is 32.0 Å². The van der Waals surface area contributed by atoms with E-state index in [4.69, 9.17) is 5.73 Å². The molecule has 0 bridgehead atoms. The molecule has 1 amide bonds. The highest BCUT2D eigenvalue weighted by Crippen LogP contribution is 2.22. The molecule has 1 aromatic rings. The molecule has 6 nitrogen and oxygen atoms in total. The molecule has 2 rings (SSSR count). The summed E-state index contributed by atoms with van der Waals surface area (Å²) in [6.45, 7) is 9.59. The van der Waals surface area contributed by atoms with Crippen LogP contribution in [0.2, 0.25) is 0 Å². The number of allylic oxidation sites excluding steroid dienone is 1. The van der Waals surface area contributed by atoms with E-state index in [1.165, 1.54) is 44.1 Å². The summed E-state index contributed by atoms with van der Waals surface area (Å²) in [6, 6.07) is 0. The summed E-state index contributed by atoms with van der Waals surface area (Å²) in [6.07, 6.45) is 6.61. The van der Waals surface area contributed by atoms with Crippen LogP contribution in [0, 0.1) is 0 Å². The summed E-state index contributed by atoms with van der Waals surface area (Å²) >= 11 is 1.35. The standard InChI is InChI=1S/C15H25N5OS/c1-3-8-20-13(7-11-19-9-5-4-6-10-19)17-18-15(20)22-12(2)14(16)21/h3,12H,1,4-11H2,2H3,(H2,16,21)/t12-/m0/s1. The van der Waals surface area contributed by atoms with Crippen molar-refractivity contribution in [2.45, 2.75) is 49.6 Å². The smallest absolute Gasteiger partial charge is 0.230 e. The third kappa shape index (κ3) is 4.58. The zero-order valence-electron chi connectivity index (χ0n) is 13.2. The van der Waals surface area contributed by atoms with E-state index in [1.54, 1.807) is 6.92 Å². The molecular weight excluding hydrogens is 298 g/mol. The average Bonchev–Trinajstić information content (AvgIpc) is 2.89. The van der Waals surface area contributed by atoms with Gasteiger partial charge >= 0.3 is 0 Å². The monoisotopic (exact) mass is 323 g/mol.